The molecule has 138 valence electrons. The van der Waals surface area contributed by atoms with E-state index in [4.69, 9.17) is 9.47 Å². The highest BCUT2D eigenvalue weighted by molar-refractivity contribution is 5.87. The molecule has 0 N–H and O–H groups in total. The molecule has 2 saturated carbocycles. The maximum Gasteiger partial charge on any atom is 0.139 e. The van der Waals surface area contributed by atoms with Crippen molar-refractivity contribution in [3.05, 3.63) is 23.5 Å². The summed E-state index contributed by atoms with van der Waals surface area (Å²) in [4.78, 5) is 12.6. The minimum Gasteiger partial charge on any atom is -0.501 e. The van der Waals surface area contributed by atoms with Gasteiger partial charge in [-0.3, -0.25) is 4.79 Å². The number of allylic oxidation sites excluding steroid dienone is 3. The van der Waals surface area contributed by atoms with Gasteiger partial charge in [0.1, 0.15) is 5.78 Å². The van der Waals surface area contributed by atoms with Crippen LogP contribution in [0, 0.1) is 22.7 Å². The largest absolute Gasteiger partial charge is 0.501 e. The van der Waals surface area contributed by atoms with E-state index >= 15 is 0 Å². The molecule has 0 saturated heterocycles. The first kappa shape index (κ1) is 17.3. The van der Waals surface area contributed by atoms with Crippen LogP contribution < -0.4 is 0 Å². The van der Waals surface area contributed by atoms with E-state index in [-0.39, 0.29) is 16.4 Å². The summed E-state index contributed by atoms with van der Waals surface area (Å²) in [5, 5.41) is 0. The lowest BCUT2D eigenvalue weighted by Crippen LogP contribution is -2.63. The van der Waals surface area contributed by atoms with Crippen molar-refractivity contribution >= 4 is 5.78 Å². The number of ether oxygens (including phenoxy) is 2. The van der Waals surface area contributed by atoms with Gasteiger partial charge in [0.15, 0.2) is 0 Å². The Labute approximate surface area is 151 Å². The van der Waals surface area contributed by atoms with Crippen LogP contribution >= 0.6 is 0 Å². The van der Waals surface area contributed by atoms with Crippen molar-refractivity contribution in [1.82, 2.24) is 0 Å². The third-order valence-corrected chi connectivity index (χ3v) is 8.25. The van der Waals surface area contributed by atoms with Crippen molar-refractivity contribution in [2.45, 2.75) is 71.3 Å². The highest BCUT2D eigenvalue weighted by Gasteiger charge is 2.66. The Morgan fingerprint density at radius 2 is 1.96 bits per heavy atom. The van der Waals surface area contributed by atoms with Gasteiger partial charge in [-0.05, 0) is 62.5 Å². The molecule has 4 aliphatic carbocycles. The van der Waals surface area contributed by atoms with Crippen LogP contribution in [-0.2, 0) is 14.3 Å². The van der Waals surface area contributed by atoms with E-state index in [2.05, 4.69) is 32.9 Å². The molecule has 2 fully saturated rings. The van der Waals surface area contributed by atoms with Crippen molar-refractivity contribution in [2.24, 2.45) is 22.7 Å². The molecule has 0 spiro atoms. The van der Waals surface area contributed by atoms with E-state index in [0.717, 1.165) is 57.3 Å². The Hall–Kier alpha value is -1.09. The molecule has 0 aliphatic heterocycles. The second-order valence-corrected chi connectivity index (χ2v) is 8.96. The molecule has 25 heavy (non-hydrogen) atoms. The Morgan fingerprint density at radius 3 is 2.68 bits per heavy atom. The summed E-state index contributed by atoms with van der Waals surface area (Å²) in [6.07, 6.45) is 11.6. The lowest BCUT2D eigenvalue weighted by molar-refractivity contribution is -0.207. The van der Waals surface area contributed by atoms with Gasteiger partial charge in [0, 0.05) is 30.3 Å². The number of hydrogen-bond donors (Lipinski definition) is 0. The predicted molar refractivity (Wildman–Crippen MR) is 98.1 cm³/mol. The van der Waals surface area contributed by atoms with Crippen LogP contribution in [-0.4, -0.2) is 25.1 Å². The van der Waals surface area contributed by atoms with Crippen LogP contribution in [0.3, 0.4) is 0 Å². The zero-order chi connectivity index (χ0) is 17.9. The molecule has 0 heterocycles. The third kappa shape index (κ3) is 2.11. The van der Waals surface area contributed by atoms with Crippen LogP contribution in [0.5, 0.6) is 0 Å². The summed E-state index contributed by atoms with van der Waals surface area (Å²) < 4.78 is 12.2. The molecule has 0 aromatic carbocycles. The number of ketones is 1. The van der Waals surface area contributed by atoms with Gasteiger partial charge in [0.2, 0.25) is 0 Å². The molecular formula is C22H32O3. The number of carbonyl (C=O) groups is 1. The first-order valence-electron chi connectivity index (χ1n) is 10.0. The Bertz CT molecular complexity index is 648. The van der Waals surface area contributed by atoms with Crippen LogP contribution in [0.15, 0.2) is 23.5 Å². The van der Waals surface area contributed by atoms with E-state index in [9.17, 15) is 4.79 Å². The highest BCUT2D eigenvalue weighted by Crippen LogP contribution is 2.66. The molecule has 3 heteroatoms. The van der Waals surface area contributed by atoms with Crippen molar-refractivity contribution in [3.63, 3.8) is 0 Å². The second-order valence-electron chi connectivity index (χ2n) is 8.96. The average molecular weight is 344 g/mol. The number of fused-ring (bicyclic) bond motifs is 5. The summed E-state index contributed by atoms with van der Waals surface area (Å²) >= 11 is 0. The fraction of sp³-hybridized carbons (Fsp3) is 0.773. The van der Waals surface area contributed by atoms with Gasteiger partial charge >= 0.3 is 0 Å². The van der Waals surface area contributed by atoms with Gasteiger partial charge in [-0.15, -0.1) is 0 Å². The summed E-state index contributed by atoms with van der Waals surface area (Å²) in [7, 11) is 1.77. The monoisotopic (exact) mass is 344 g/mol. The fourth-order valence-electron chi connectivity index (χ4n) is 6.74. The molecule has 3 nitrogen and oxygen atoms in total. The summed E-state index contributed by atoms with van der Waals surface area (Å²) in [6.45, 7) is 7.51. The normalized spacial score (nSPS) is 45.8. The summed E-state index contributed by atoms with van der Waals surface area (Å²) in [5.74, 6) is 2.52. The Kier molecular flexibility index (Phi) is 3.95. The van der Waals surface area contributed by atoms with Crippen LogP contribution in [0.2, 0.25) is 0 Å². The first-order chi connectivity index (χ1) is 11.9. The molecule has 4 aliphatic rings. The quantitative estimate of drug-likeness (QED) is 0.736. The van der Waals surface area contributed by atoms with E-state index in [0.29, 0.717) is 17.6 Å². The lowest BCUT2D eigenvalue weighted by Gasteiger charge is -2.62. The summed E-state index contributed by atoms with van der Waals surface area (Å²) in [5.41, 5.74) is 1.18. The zero-order valence-corrected chi connectivity index (χ0v) is 16.2. The van der Waals surface area contributed by atoms with Crippen molar-refractivity contribution in [1.29, 1.82) is 0 Å². The molecule has 4 unspecified atom stereocenters. The van der Waals surface area contributed by atoms with Gasteiger partial charge < -0.3 is 9.47 Å². The Balaban J connectivity index is 1.81. The average Bonchev–Trinajstić information content (AvgIpc) is 2.90. The van der Waals surface area contributed by atoms with Crippen LogP contribution in [0.4, 0.5) is 0 Å². The summed E-state index contributed by atoms with van der Waals surface area (Å²) in [6, 6.07) is 0. The van der Waals surface area contributed by atoms with E-state index in [1.165, 1.54) is 5.57 Å². The van der Waals surface area contributed by atoms with Crippen molar-refractivity contribution in [3.8, 4) is 0 Å². The molecule has 0 aromatic heterocycles. The van der Waals surface area contributed by atoms with Gasteiger partial charge in [-0.25, -0.2) is 0 Å². The van der Waals surface area contributed by atoms with Gasteiger partial charge in [-0.1, -0.05) is 19.9 Å². The molecular weight excluding hydrogens is 312 g/mol. The minimum atomic E-state index is -0.129. The number of Topliss-reactive ketones (excluding diaryl/α,β-unsaturated/α-hetero) is 1. The topological polar surface area (TPSA) is 35.5 Å². The van der Waals surface area contributed by atoms with E-state index < -0.39 is 0 Å². The maximum atomic E-state index is 12.6. The van der Waals surface area contributed by atoms with Crippen molar-refractivity contribution in [2.75, 3.05) is 13.7 Å². The third-order valence-electron chi connectivity index (χ3n) is 8.25. The molecule has 0 aromatic rings. The van der Waals surface area contributed by atoms with Crippen molar-refractivity contribution < 1.29 is 14.3 Å². The standard InChI is InChI=1S/C22H32O3/c1-5-25-22-13-12-20(2)17(8-9-19(20)23)18(22)7-6-15-14-16(24-4)10-11-21(15,22)3/h6,14,17-18H,5,7-13H2,1-4H3/t17?,18?,20?,21?,22-/m1/s1. The highest BCUT2D eigenvalue weighted by atomic mass is 16.5. The molecule has 0 bridgehead atoms. The molecule has 4 rings (SSSR count). The molecule has 5 atom stereocenters. The number of rotatable bonds is 3. The van der Waals surface area contributed by atoms with Gasteiger partial charge in [0.05, 0.1) is 18.5 Å². The number of methoxy groups -OCH3 is 1. The van der Waals surface area contributed by atoms with Gasteiger partial charge in [-0.2, -0.15) is 0 Å². The maximum absolute atomic E-state index is 12.6. The second kappa shape index (κ2) is 5.70. The van der Waals surface area contributed by atoms with Gasteiger partial charge in [0.25, 0.3) is 0 Å². The predicted octanol–water partition coefficient (Wildman–Crippen LogP) is 4.82. The number of carbonyl (C=O) groups excluding carboxylic acids is 1. The SMILES string of the molecule is CCO[C@]12CCC3(C)C(=O)CCC3C1CC=C1C=C(OC)CCC12C. The van der Waals surface area contributed by atoms with Crippen LogP contribution in [0.1, 0.15) is 65.7 Å². The van der Waals surface area contributed by atoms with Crippen LogP contribution in [0.25, 0.3) is 0 Å². The number of hydrogen-bond acceptors (Lipinski definition) is 3. The Morgan fingerprint density at radius 1 is 1.16 bits per heavy atom. The first-order valence-corrected chi connectivity index (χ1v) is 10.0. The zero-order valence-electron chi connectivity index (χ0n) is 16.2. The van der Waals surface area contributed by atoms with E-state index in [1.54, 1.807) is 7.11 Å². The fourth-order valence-corrected chi connectivity index (χ4v) is 6.74. The minimum absolute atomic E-state index is 0.0287. The smallest absolute Gasteiger partial charge is 0.139 e. The molecule has 0 radical (unpaired) electrons. The lowest BCUT2D eigenvalue weighted by atomic mass is 9.46. The molecule has 0 amide bonds. The van der Waals surface area contributed by atoms with E-state index in [1.807, 2.05) is 0 Å².